The Morgan fingerprint density at radius 1 is 1.14 bits per heavy atom. The van der Waals surface area contributed by atoms with Crippen LogP contribution < -0.4 is 9.47 Å². The molecule has 0 radical (unpaired) electrons. The van der Waals surface area contributed by atoms with Crippen molar-refractivity contribution in [2.75, 3.05) is 20.8 Å². The molecule has 1 N–H and O–H groups in total. The third-order valence-corrected chi connectivity index (χ3v) is 5.39. The van der Waals surface area contributed by atoms with E-state index in [1.165, 1.54) is 0 Å². The van der Waals surface area contributed by atoms with Gasteiger partial charge < -0.3 is 14.4 Å². The summed E-state index contributed by atoms with van der Waals surface area (Å²) in [6, 6.07) is 9.21. The number of methoxy groups -OCH3 is 2. The second-order valence-corrected chi connectivity index (χ2v) is 6.98. The van der Waals surface area contributed by atoms with Gasteiger partial charge in [-0.05, 0) is 49.1 Å². The second kappa shape index (κ2) is 8.34. The summed E-state index contributed by atoms with van der Waals surface area (Å²) in [6.07, 6.45) is 8.23. The van der Waals surface area contributed by atoms with Gasteiger partial charge in [-0.2, -0.15) is 5.10 Å². The molecule has 4 rings (SSSR count). The normalized spacial score (nSPS) is 16.5. The molecule has 150 valence electrons. The zero-order chi connectivity index (χ0) is 20.2. The maximum atomic E-state index is 13.5. The van der Waals surface area contributed by atoms with E-state index in [9.17, 15) is 4.79 Å². The SMILES string of the molecule is COc1cccc(C(=O)N2CCCC[C@H]2c2[nH]ncc2-c2ccncc2)c1OC. The molecule has 0 aliphatic carbocycles. The number of hydrogen-bond acceptors (Lipinski definition) is 5. The minimum atomic E-state index is -0.0853. The summed E-state index contributed by atoms with van der Waals surface area (Å²) < 4.78 is 10.9. The van der Waals surface area contributed by atoms with Crippen molar-refractivity contribution in [3.8, 4) is 22.6 Å². The highest BCUT2D eigenvalue weighted by Crippen LogP contribution is 2.38. The molecule has 1 amide bonds. The van der Waals surface area contributed by atoms with E-state index in [0.717, 1.165) is 36.1 Å². The molecule has 1 aliphatic heterocycles. The average Bonchev–Trinajstić information content (AvgIpc) is 3.28. The topological polar surface area (TPSA) is 80.3 Å². The van der Waals surface area contributed by atoms with Crippen LogP contribution >= 0.6 is 0 Å². The van der Waals surface area contributed by atoms with Crippen molar-refractivity contribution in [3.05, 3.63) is 60.2 Å². The Morgan fingerprint density at radius 2 is 1.97 bits per heavy atom. The number of amides is 1. The summed E-state index contributed by atoms with van der Waals surface area (Å²) in [5.74, 6) is 0.940. The molecule has 0 bridgehead atoms. The van der Waals surface area contributed by atoms with Crippen LogP contribution in [0.5, 0.6) is 11.5 Å². The molecule has 3 aromatic rings. The quantitative estimate of drug-likeness (QED) is 0.713. The van der Waals surface area contributed by atoms with Crippen LogP contribution in [0.1, 0.15) is 41.4 Å². The molecule has 1 aromatic carbocycles. The van der Waals surface area contributed by atoms with Gasteiger partial charge in [0, 0.05) is 24.5 Å². The summed E-state index contributed by atoms with van der Waals surface area (Å²) in [7, 11) is 3.13. The number of nitrogens with zero attached hydrogens (tertiary/aromatic N) is 3. The molecule has 29 heavy (non-hydrogen) atoms. The summed E-state index contributed by atoms with van der Waals surface area (Å²) in [4.78, 5) is 19.6. The smallest absolute Gasteiger partial charge is 0.258 e. The Balaban J connectivity index is 1.72. The Bertz CT molecular complexity index is 987. The predicted octanol–water partition coefficient (Wildman–Crippen LogP) is 3.86. The number of nitrogens with one attached hydrogen (secondary N) is 1. The molecule has 1 fully saturated rings. The largest absolute Gasteiger partial charge is 0.493 e. The lowest BCUT2D eigenvalue weighted by Gasteiger charge is -2.36. The Hall–Kier alpha value is -3.35. The van der Waals surface area contributed by atoms with Gasteiger partial charge in [0.2, 0.25) is 0 Å². The fourth-order valence-corrected chi connectivity index (χ4v) is 4.00. The molecule has 1 saturated heterocycles. The predicted molar refractivity (Wildman–Crippen MR) is 109 cm³/mol. The Labute approximate surface area is 169 Å². The van der Waals surface area contributed by atoms with Crippen LogP contribution in [0.15, 0.2) is 48.9 Å². The molecule has 3 heterocycles. The van der Waals surface area contributed by atoms with Crippen LogP contribution in [0.4, 0.5) is 0 Å². The van der Waals surface area contributed by atoms with Gasteiger partial charge in [0.1, 0.15) is 0 Å². The molecule has 0 saturated carbocycles. The molecule has 0 unspecified atom stereocenters. The van der Waals surface area contributed by atoms with Gasteiger partial charge in [-0.15, -0.1) is 0 Å². The first kappa shape index (κ1) is 19.0. The van der Waals surface area contributed by atoms with Crippen LogP contribution in [0.3, 0.4) is 0 Å². The van der Waals surface area contributed by atoms with E-state index in [-0.39, 0.29) is 11.9 Å². The van der Waals surface area contributed by atoms with Crippen LogP contribution in [0.2, 0.25) is 0 Å². The maximum Gasteiger partial charge on any atom is 0.258 e. The standard InChI is InChI=1S/C22H24N4O3/c1-28-19-8-5-6-16(21(19)29-2)22(27)26-13-4-3-7-18(26)20-17(14-24-25-20)15-9-11-23-12-10-15/h5-6,8-12,14,18H,3-4,7,13H2,1-2H3,(H,24,25)/t18-/m0/s1. The minimum Gasteiger partial charge on any atom is -0.493 e. The van der Waals surface area contributed by atoms with Crippen LogP contribution in [-0.2, 0) is 0 Å². The average molecular weight is 392 g/mol. The number of para-hydroxylation sites is 1. The first-order valence-electron chi connectivity index (χ1n) is 9.70. The maximum absolute atomic E-state index is 13.5. The van der Waals surface area contributed by atoms with Gasteiger partial charge in [0.15, 0.2) is 11.5 Å². The summed E-state index contributed by atoms with van der Waals surface area (Å²) >= 11 is 0. The number of piperidine rings is 1. The number of carbonyl (C=O) groups excluding carboxylic acids is 1. The van der Waals surface area contributed by atoms with E-state index in [1.807, 2.05) is 29.3 Å². The zero-order valence-corrected chi connectivity index (χ0v) is 16.6. The molecule has 1 atom stereocenters. The Morgan fingerprint density at radius 3 is 2.72 bits per heavy atom. The van der Waals surface area contributed by atoms with Crippen molar-refractivity contribution in [1.29, 1.82) is 0 Å². The van der Waals surface area contributed by atoms with E-state index in [0.29, 0.717) is 23.6 Å². The number of carbonyl (C=O) groups is 1. The van der Waals surface area contributed by atoms with Crippen LogP contribution in [0.25, 0.3) is 11.1 Å². The van der Waals surface area contributed by atoms with Crippen molar-refractivity contribution < 1.29 is 14.3 Å². The van der Waals surface area contributed by atoms with Crippen molar-refractivity contribution >= 4 is 5.91 Å². The van der Waals surface area contributed by atoms with Crippen molar-refractivity contribution in [1.82, 2.24) is 20.1 Å². The van der Waals surface area contributed by atoms with E-state index in [2.05, 4.69) is 15.2 Å². The first-order chi connectivity index (χ1) is 14.2. The number of benzene rings is 1. The number of aromatic nitrogens is 3. The summed E-state index contributed by atoms with van der Waals surface area (Å²) in [6.45, 7) is 0.679. The second-order valence-electron chi connectivity index (χ2n) is 6.98. The fraction of sp³-hybridized carbons (Fsp3) is 0.318. The number of ether oxygens (including phenoxy) is 2. The minimum absolute atomic E-state index is 0.0688. The number of rotatable bonds is 5. The van der Waals surface area contributed by atoms with Crippen LogP contribution in [0, 0.1) is 0 Å². The van der Waals surface area contributed by atoms with E-state index in [4.69, 9.17) is 9.47 Å². The van der Waals surface area contributed by atoms with Crippen LogP contribution in [-0.4, -0.2) is 46.8 Å². The fourth-order valence-electron chi connectivity index (χ4n) is 4.00. The van der Waals surface area contributed by atoms with E-state index in [1.54, 1.807) is 38.7 Å². The highest BCUT2D eigenvalue weighted by Gasteiger charge is 2.33. The summed E-state index contributed by atoms with van der Waals surface area (Å²) in [5.41, 5.74) is 3.48. The number of aromatic amines is 1. The van der Waals surface area contributed by atoms with Gasteiger partial charge in [0.25, 0.3) is 5.91 Å². The lowest BCUT2D eigenvalue weighted by atomic mass is 9.94. The molecule has 1 aliphatic rings. The van der Waals surface area contributed by atoms with Gasteiger partial charge in [-0.1, -0.05) is 6.07 Å². The zero-order valence-electron chi connectivity index (χ0n) is 16.6. The third-order valence-electron chi connectivity index (χ3n) is 5.39. The molecule has 7 nitrogen and oxygen atoms in total. The lowest BCUT2D eigenvalue weighted by molar-refractivity contribution is 0.0602. The molecule has 0 spiro atoms. The van der Waals surface area contributed by atoms with E-state index >= 15 is 0 Å². The number of likely N-dealkylation sites (tertiary alicyclic amines) is 1. The molecular weight excluding hydrogens is 368 g/mol. The Kier molecular flexibility index (Phi) is 5.46. The highest BCUT2D eigenvalue weighted by molar-refractivity contribution is 5.98. The van der Waals surface area contributed by atoms with E-state index < -0.39 is 0 Å². The molecule has 7 heteroatoms. The van der Waals surface area contributed by atoms with Crippen molar-refractivity contribution in [2.45, 2.75) is 25.3 Å². The number of pyridine rings is 1. The third kappa shape index (κ3) is 3.55. The lowest BCUT2D eigenvalue weighted by Crippen LogP contribution is -2.39. The van der Waals surface area contributed by atoms with Gasteiger partial charge in [0.05, 0.1) is 37.7 Å². The molecular formula is C22H24N4O3. The number of H-pyrrole nitrogens is 1. The number of hydrogen-bond donors (Lipinski definition) is 1. The first-order valence-corrected chi connectivity index (χ1v) is 9.70. The van der Waals surface area contributed by atoms with Crippen molar-refractivity contribution in [2.24, 2.45) is 0 Å². The summed E-state index contributed by atoms with van der Waals surface area (Å²) in [5, 5.41) is 7.41. The molecule has 2 aromatic heterocycles. The van der Waals surface area contributed by atoms with Gasteiger partial charge in [-0.25, -0.2) is 0 Å². The monoisotopic (exact) mass is 392 g/mol. The van der Waals surface area contributed by atoms with Gasteiger partial charge in [-0.3, -0.25) is 14.9 Å². The highest BCUT2D eigenvalue weighted by atomic mass is 16.5. The van der Waals surface area contributed by atoms with Crippen molar-refractivity contribution in [3.63, 3.8) is 0 Å². The van der Waals surface area contributed by atoms with Gasteiger partial charge >= 0.3 is 0 Å².